The van der Waals surface area contributed by atoms with Crippen LogP contribution in [0.3, 0.4) is 0 Å². The van der Waals surface area contributed by atoms with Crippen LogP contribution in [0.25, 0.3) is 0 Å². The van der Waals surface area contributed by atoms with Crippen molar-refractivity contribution in [3.63, 3.8) is 0 Å². The van der Waals surface area contributed by atoms with Crippen LogP contribution in [0.4, 0.5) is 13.2 Å². The van der Waals surface area contributed by atoms with Crippen molar-refractivity contribution < 1.29 is 37.3 Å². The van der Waals surface area contributed by atoms with E-state index in [2.05, 4.69) is 0 Å². The lowest BCUT2D eigenvalue weighted by atomic mass is 9.91. The molecule has 0 saturated heterocycles. The summed E-state index contributed by atoms with van der Waals surface area (Å²) in [5, 5.41) is 9.34. The molecule has 4 rings (SSSR count). The van der Waals surface area contributed by atoms with Crippen molar-refractivity contribution in [3.8, 4) is 11.5 Å². The fraction of sp³-hybridized carbons (Fsp3) is 0.259. The SMILES string of the molecule is COc1cc(C(=O)N(CC(=O)O)Cc2cc(F)cc(F)c2)cc2c1O[C@@](C)(Cc1ccccc1F)C2. The van der Waals surface area contributed by atoms with Crippen molar-refractivity contribution in [2.75, 3.05) is 13.7 Å². The second-order valence-corrected chi connectivity index (χ2v) is 9.00. The maximum absolute atomic E-state index is 14.3. The number of rotatable bonds is 8. The lowest BCUT2D eigenvalue weighted by Gasteiger charge is -2.24. The van der Waals surface area contributed by atoms with E-state index in [0.717, 1.165) is 17.0 Å². The number of carboxylic acid groups (broad SMARTS) is 1. The van der Waals surface area contributed by atoms with Crippen molar-refractivity contribution in [2.24, 2.45) is 0 Å². The van der Waals surface area contributed by atoms with E-state index < -0.39 is 35.7 Å². The summed E-state index contributed by atoms with van der Waals surface area (Å²) in [5.74, 6) is -3.28. The Labute approximate surface area is 205 Å². The minimum atomic E-state index is -1.28. The molecule has 0 aliphatic carbocycles. The molecule has 0 radical (unpaired) electrons. The minimum absolute atomic E-state index is 0.107. The molecule has 1 aliphatic heterocycles. The molecule has 0 bridgehead atoms. The summed E-state index contributed by atoms with van der Waals surface area (Å²) in [4.78, 5) is 25.8. The molecule has 3 aromatic rings. The number of methoxy groups -OCH3 is 1. The maximum atomic E-state index is 14.3. The van der Waals surface area contributed by atoms with Gasteiger partial charge in [0.25, 0.3) is 5.91 Å². The highest BCUT2D eigenvalue weighted by Gasteiger charge is 2.38. The van der Waals surface area contributed by atoms with Gasteiger partial charge in [0.1, 0.15) is 29.6 Å². The number of nitrogens with zero attached hydrogens (tertiary/aromatic N) is 1. The van der Waals surface area contributed by atoms with Crippen LogP contribution >= 0.6 is 0 Å². The van der Waals surface area contributed by atoms with Gasteiger partial charge in [-0.3, -0.25) is 9.59 Å². The average Bonchev–Trinajstić information content (AvgIpc) is 3.14. The normalized spacial score (nSPS) is 16.2. The summed E-state index contributed by atoms with van der Waals surface area (Å²) in [6, 6.07) is 12.2. The first kappa shape index (κ1) is 25.1. The highest BCUT2D eigenvalue weighted by atomic mass is 19.1. The van der Waals surface area contributed by atoms with Crippen molar-refractivity contribution >= 4 is 11.9 Å². The second-order valence-electron chi connectivity index (χ2n) is 9.00. The molecule has 0 saturated carbocycles. The van der Waals surface area contributed by atoms with Gasteiger partial charge >= 0.3 is 5.97 Å². The molecular formula is C27H24F3NO5. The third-order valence-electron chi connectivity index (χ3n) is 5.94. The molecule has 0 fully saturated rings. The first-order chi connectivity index (χ1) is 17.1. The molecule has 0 unspecified atom stereocenters. The minimum Gasteiger partial charge on any atom is -0.493 e. The predicted molar refractivity (Wildman–Crippen MR) is 125 cm³/mol. The number of amides is 1. The summed E-state index contributed by atoms with van der Waals surface area (Å²) < 4.78 is 53.2. The van der Waals surface area contributed by atoms with Crippen molar-refractivity contribution in [3.05, 3.63) is 94.3 Å². The summed E-state index contributed by atoms with van der Waals surface area (Å²) in [6.07, 6.45) is 0.624. The Hall–Kier alpha value is -4.01. The molecule has 1 N–H and O–H groups in total. The van der Waals surface area contributed by atoms with Crippen LogP contribution in [-0.2, 0) is 24.2 Å². The van der Waals surface area contributed by atoms with Gasteiger partial charge in [0, 0.05) is 36.6 Å². The zero-order valence-electron chi connectivity index (χ0n) is 19.7. The molecule has 1 aliphatic rings. The van der Waals surface area contributed by atoms with Crippen LogP contribution in [0.15, 0.2) is 54.6 Å². The third kappa shape index (κ3) is 5.45. The lowest BCUT2D eigenvalue weighted by Crippen LogP contribution is -2.35. The first-order valence-electron chi connectivity index (χ1n) is 11.2. The summed E-state index contributed by atoms with van der Waals surface area (Å²) >= 11 is 0. The standard InChI is InChI=1S/C27H24F3NO5/c1-27(12-17-5-3-4-6-22(17)30)13-19-9-18(10-23(35-2)25(19)36-27)26(34)31(15-24(32)33)14-16-7-20(28)11-21(29)8-16/h3-11H,12-15H2,1-2H3,(H,32,33)/t27-/m0/s1. The number of benzene rings is 3. The zero-order chi connectivity index (χ0) is 26.0. The molecular weight excluding hydrogens is 475 g/mol. The van der Waals surface area contributed by atoms with E-state index in [9.17, 15) is 27.9 Å². The molecule has 188 valence electrons. The Bertz CT molecular complexity index is 1310. The van der Waals surface area contributed by atoms with E-state index in [-0.39, 0.29) is 35.7 Å². The van der Waals surface area contributed by atoms with E-state index in [1.165, 1.54) is 19.2 Å². The molecule has 1 atom stereocenters. The number of ether oxygens (including phenoxy) is 2. The molecule has 1 amide bonds. The van der Waals surface area contributed by atoms with Crippen molar-refractivity contribution in [1.82, 2.24) is 4.90 Å². The summed E-state index contributed by atoms with van der Waals surface area (Å²) in [7, 11) is 1.41. The van der Waals surface area contributed by atoms with Gasteiger partial charge in [0.2, 0.25) is 0 Å². The number of aliphatic carboxylic acids is 1. The largest absolute Gasteiger partial charge is 0.493 e. The zero-order valence-corrected chi connectivity index (χ0v) is 19.7. The highest BCUT2D eigenvalue weighted by molar-refractivity contribution is 5.97. The van der Waals surface area contributed by atoms with Crippen LogP contribution in [0, 0.1) is 17.5 Å². The van der Waals surface area contributed by atoms with Gasteiger partial charge in [0.05, 0.1) is 7.11 Å². The van der Waals surface area contributed by atoms with Crippen molar-refractivity contribution in [2.45, 2.75) is 31.9 Å². The lowest BCUT2D eigenvalue weighted by molar-refractivity contribution is -0.137. The number of carboxylic acids is 1. The van der Waals surface area contributed by atoms with Crippen LogP contribution < -0.4 is 9.47 Å². The number of hydrogen-bond acceptors (Lipinski definition) is 4. The number of carbonyl (C=O) groups is 2. The molecule has 6 nitrogen and oxygen atoms in total. The molecule has 0 aromatic heterocycles. The summed E-state index contributed by atoms with van der Waals surface area (Å²) in [5.41, 5.74) is 0.555. The van der Waals surface area contributed by atoms with Crippen molar-refractivity contribution in [1.29, 1.82) is 0 Å². The highest BCUT2D eigenvalue weighted by Crippen LogP contribution is 2.44. The van der Waals surface area contributed by atoms with Gasteiger partial charge < -0.3 is 19.5 Å². The number of halogens is 3. The quantitative estimate of drug-likeness (QED) is 0.483. The third-order valence-corrected chi connectivity index (χ3v) is 5.94. The van der Waals surface area contributed by atoms with Crippen LogP contribution in [0.1, 0.15) is 34.0 Å². The first-order valence-corrected chi connectivity index (χ1v) is 11.2. The van der Waals surface area contributed by atoms with Crippen LogP contribution in [0.5, 0.6) is 11.5 Å². The predicted octanol–water partition coefficient (Wildman–Crippen LogP) is 4.78. The van der Waals surface area contributed by atoms with Gasteiger partial charge in [-0.05, 0) is 48.4 Å². The topological polar surface area (TPSA) is 76.1 Å². The smallest absolute Gasteiger partial charge is 0.323 e. The van der Waals surface area contributed by atoms with Gasteiger partial charge in [0.15, 0.2) is 11.5 Å². The molecule has 3 aromatic carbocycles. The monoisotopic (exact) mass is 499 g/mol. The Morgan fingerprint density at radius 3 is 2.42 bits per heavy atom. The second kappa shape index (κ2) is 9.93. The molecule has 0 spiro atoms. The average molecular weight is 499 g/mol. The van der Waals surface area contributed by atoms with Gasteiger partial charge in [-0.15, -0.1) is 0 Å². The Kier molecular flexibility index (Phi) is 6.92. The molecule has 9 heteroatoms. The van der Waals surface area contributed by atoms with Gasteiger partial charge in [-0.25, -0.2) is 13.2 Å². The molecule has 1 heterocycles. The van der Waals surface area contributed by atoms with E-state index in [4.69, 9.17) is 9.47 Å². The number of hydrogen-bond donors (Lipinski definition) is 1. The van der Waals surface area contributed by atoms with E-state index in [0.29, 0.717) is 29.4 Å². The molecule has 36 heavy (non-hydrogen) atoms. The number of fused-ring (bicyclic) bond motifs is 1. The van der Waals surface area contributed by atoms with Gasteiger partial charge in [-0.1, -0.05) is 18.2 Å². The fourth-order valence-corrected chi connectivity index (χ4v) is 4.48. The summed E-state index contributed by atoms with van der Waals surface area (Å²) in [6.45, 7) is 0.828. The van der Waals surface area contributed by atoms with Crippen LogP contribution in [0.2, 0.25) is 0 Å². The van der Waals surface area contributed by atoms with E-state index >= 15 is 0 Å². The van der Waals surface area contributed by atoms with E-state index in [1.54, 1.807) is 24.3 Å². The Balaban J connectivity index is 1.63. The number of carbonyl (C=O) groups excluding carboxylic acids is 1. The Morgan fingerprint density at radius 1 is 1.08 bits per heavy atom. The fourth-order valence-electron chi connectivity index (χ4n) is 4.48. The maximum Gasteiger partial charge on any atom is 0.323 e. The van der Waals surface area contributed by atoms with Crippen LogP contribution in [-0.4, -0.2) is 41.1 Å². The Morgan fingerprint density at radius 2 is 1.78 bits per heavy atom. The van der Waals surface area contributed by atoms with Gasteiger partial charge in [-0.2, -0.15) is 0 Å². The van der Waals surface area contributed by atoms with E-state index in [1.807, 2.05) is 6.92 Å².